The van der Waals surface area contributed by atoms with E-state index in [1.807, 2.05) is 13.8 Å². The third-order valence-electron chi connectivity index (χ3n) is 2.80. The predicted octanol–water partition coefficient (Wildman–Crippen LogP) is 2.48. The summed E-state index contributed by atoms with van der Waals surface area (Å²) in [5.74, 6) is 0.0834. The molecule has 0 unspecified atom stereocenters. The monoisotopic (exact) mass is 230 g/mol. The Bertz CT molecular complexity index is 580. The van der Waals surface area contributed by atoms with Gasteiger partial charge in [-0.2, -0.15) is 0 Å². The fraction of sp³-hybridized carbons (Fsp3) is 0.231. The molecule has 0 bridgehead atoms. The predicted molar refractivity (Wildman–Crippen MR) is 65.0 cm³/mol. The average Bonchev–Trinajstić information content (AvgIpc) is 2.28. The first kappa shape index (κ1) is 11.4. The Morgan fingerprint density at radius 1 is 1.00 bits per heavy atom. The summed E-state index contributed by atoms with van der Waals surface area (Å²) < 4.78 is 0. The quantitative estimate of drug-likeness (QED) is 0.789. The lowest BCUT2D eigenvalue weighted by Crippen LogP contribution is -1.94. The molecular weight excluding hydrogens is 216 g/mol. The van der Waals surface area contributed by atoms with Crippen LogP contribution in [0.25, 0.3) is 11.4 Å². The highest BCUT2D eigenvalue weighted by atomic mass is 16.3. The minimum Gasteiger partial charge on any atom is -0.506 e. The van der Waals surface area contributed by atoms with Gasteiger partial charge in [-0.1, -0.05) is 0 Å². The van der Waals surface area contributed by atoms with E-state index in [1.165, 1.54) is 0 Å². The SMILES string of the molecule is Cc1cc(O)c(-c2nccc(C)c2O)nc1C. The van der Waals surface area contributed by atoms with E-state index in [9.17, 15) is 10.2 Å². The maximum Gasteiger partial charge on any atom is 0.146 e. The van der Waals surface area contributed by atoms with Crippen molar-refractivity contribution >= 4 is 0 Å². The third-order valence-corrected chi connectivity index (χ3v) is 2.80. The topological polar surface area (TPSA) is 66.2 Å². The molecule has 4 heteroatoms. The Hall–Kier alpha value is -2.10. The van der Waals surface area contributed by atoms with Gasteiger partial charge in [-0.3, -0.25) is 4.98 Å². The third kappa shape index (κ3) is 1.93. The van der Waals surface area contributed by atoms with Crippen molar-refractivity contribution in [3.05, 3.63) is 35.2 Å². The molecule has 0 radical (unpaired) electrons. The summed E-state index contributed by atoms with van der Waals surface area (Å²) >= 11 is 0. The van der Waals surface area contributed by atoms with E-state index >= 15 is 0 Å². The highest BCUT2D eigenvalue weighted by Gasteiger charge is 2.15. The van der Waals surface area contributed by atoms with Gasteiger partial charge in [-0.25, -0.2) is 4.98 Å². The number of hydrogen-bond acceptors (Lipinski definition) is 4. The minimum absolute atomic E-state index is 0.0292. The molecule has 0 aromatic carbocycles. The Morgan fingerprint density at radius 2 is 1.71 bits per heavy atom. The van der Waals surface area contributed by atoms with Crippen LogP contribution in [0.3, 0.4) is 0 Å². The van der Waals surface area contributed by atoms with Gasteiger partial charge < -0.3 is 10.2 Å². The van der Waals surface area contributed by atoms with Crippen molar-refractivity contribution in [1.82, 2.24) is 9.97 Å². The van der Waals surface area contributed by atoms with Gasteiger partial charge in [0.25, 0.3) is 0 Å². The second-order valence-corrected chi connectivity index (χ2v) is 4.08. The highest BCUT2D eigenvalue weighted by Crippen LogP contribution is 2.34. The molecule has 0 atom stereocenters. The number of aromatic hydroxyl groups is 2. The van der Waals surface area contributed by atoms with E-state index in [2.05, 4.69) is 9.97 Å². The van der Waals surface area contributed by atoms with Crippen LogP contribution in [0.5, 0.6) is 11.5 Å². The van der Waals surface area contributed by atoms with Crippen LogP contribution >= 0.6 is 0 Å². The highest BCUT2D eigenvalue weighted by molar-refractivity contribution is 5.69. The van der Waals surface area contributed by atoms with Crippen molar-refractivity contribution in [3.63, 3.8) is 0 Å². The minimum atomic E-state index is 0.0292. The van der Waals surface area contributed by atoms with Gasteiger partial charge >= 0.3 is 0 Å². The van der Waals surface area contributed by atoms with Gasteiger partial charge in [-0.15, -0.1) is 0 Å². The summed E-state index contributed by atoms with van der Waals surface area (Å²) in [5, 5.41) is 19.8. The van der Waals surface area contributed by atoms with Crippen LogP contribution < -0.4 is 0 Å². The molecule has 2 heterocycles. The molecule has 17 heavy (non-hydrogen) atoms. The molecule has 0 amide bonds. The molecular formula is C13H14N2O2. The zero-order chi connectivity index (χ0) is 12.6. The fourth-order valence-electron chi connectivity index (χ4n) is 1.59. The number of nitrogens with zero attached hydrogens (tertiary/aromatic N) is 2. The van der Waals surface area contributed by atoms with Crippen LogP contribution in [0.15, 0.2) is 18.3 Å². The molecule has 4 nitrogen and oxygen atoms in total. The van der Waals surface area contributed by atoms with Gasteiger partial charge in [0.15, 0.2) is 0 Å². The van der Waals surface area contributed by atoms with Gasteiger partial charge in [-0.05, 0) is 44.0 Å². The number of pyridine rings is 2. The van der Waals surface area contributed by atoms with E-state index in [4.69, 9.17) is 0 Å². The molecule has 2 rings (SSSR count). The number of hydrogen-bond donors (Lipinski definition) is 2. The zero-order valence-corrected chi connectivity index (χ0v) is 10.0. The second kappa shape index (κ2) is 4.05. The van der Waals surface area contributed by atoms with Crippen molar-refractivity contribution in [2.45, 2.75) is 20.8 Å². The Labute approximate surface area is 99.6 Å². The number of aryl methyl sites for hydroxylation is 3. The van der Waals surface area contributed by atoms with Crippen molar-refractivity contribution in [2.75, 3.05) is 0 Å². The lowest BCUT2D eigenvalue weighted by atomic mass is 10.1. The molecule has 2 N–H and O–H groups in total. The number of rotatable bonds is 1. The summed E-state index contributed by atoms with van der Waals surface area (Å²) in [6.07, 6.45) is 1.58. The number of aromatic nitrogens is 2. The van der Waals surface area contributed by atoms with Gasteiger partial charge in [0.1, 0.15) is 22.9 Å². The van der Waals surface area contributed by atoms with Crippen LogP contribution in [-0.2, 0) is 0 Å². The molecule has 0 saturated heterocycles. The average molecular weight is 230 g/mol. The first-order chi connectivity index (χ1) is 8.00. The van der Waals surface area contributed by atoms with Crippen LogP contribution in [0.2, 0.25) is 0 Å². The summed E-state index contributed by atoms with van der Waals surface area (Å²) in [4.78, 5) is 8.34. The smallest absolute Gasteiger partial charge is 0.146 e. The molecule has 0 spiro atoms. The van der Waals surface area contributed by atoms with E-state index in [1.54, 1.807) is 25.3 Å². The van der Waals surface area contributed by atoms with E-state index in [-0.39, 0.29) is 11.5 Å². The van der Waals surface area contributed by atoms with Gasteiger partial charge in [0.05, 0.1) is 0 Å². The zero-order valence-electron chi connectivity index (χ0n) is 10.0. The first-order valence-electron chi connectivity index (χ1n) is 5.33. The summed E-state index contributed by atoms with van der Waals surface area (Å²) in [7, 11) is 0. The van der Waals surface area contributed by atoms with Gasteiger partial charge in [0, 0.05) is 11.9 Å². The maximum absolute atomic E-state index is 9.92. The fourth-order valence-corrected chi connectivity index (χ4v) is 1.59. The van der Waals surface area contributed by atoms with Crippen LogP contribution in [0.4, 0.5) is 0 Å². The van der Waals surface area contributed by atoms with Crippen molar-refractivity contribution in [1.29, 1.82) is 0 Å². The molecule has 2 aromatic heterocycles. The molecule has 2 aromatic rings. The van der Waals surface area contributed by atoms with Gasteiger partial charge in [0.2, 0.25) is 0 Å². The Balaban J connectivity index is 2.69. The van der Waals surface area contributed by atoms with Crippen LogP contribution in [0.1, 0.15) is 16.8 Å². The molecule has 0 aliphatic rings. The van der Waals surface area contributed by atoms with Crippen molar-refractivity contribution in [3.8, 4) is 22.9 Å². The van der Waals surface area contributed by atoms with Crippen LogP contribution in [0, 0.1) is 20.8 Å². The molecule has 0 fully saturated rings. The molecule has 0 aliphatic carbocycles. The summed E-state index contributed by atoms with van der Waals surface area (Å²) in [6, 6.07) is 3.33. The lowest BCUT2D eigenvalue weighted by Gasteiger charge is -2.09. The lowest BCUT2D eigenvalue weighted by molar-refractivity contribution is 0.462. The molecule has 0 saturated carbocycles. The Morgan fingerprint density at radius 3 is 2.41 bits per heavy atom. The second-order valence-electron chi connectivity index (χ2n) is 4.08. The molecule has 0 aliphatic heterocycles. The van der Waals surface area contributed by atoms with E-state index in [0.29, 0.717) is 17.0 Å². The summed E-state index contributed by atoms with van der Waals surface area (Å²) in [5.41, 5.74) is 3.04. The Kier molecular flexibility index (Phi) is 2.71. The molecule has 88 valence electrons. The summed E-state index contributed by atoms with van der Waals surface area (Å²) in [6.45, 7) is 5.50. The first-order valence-corrected chi connectivity index (χ1v) is 5.33. The standard InChI is InChI=1S/C13H14N2O2/c1-7-4-5-14-12(13(7)17)11-10(16)6-8(2)9(3)15-11/h4-6,16-17H,1-3H3. The van der Waals surface area contributed by atoms with E-state index in [0.717, 1.165) is 11.3 Å². The van der Waals surface area contributed by atoms with Crippen LogP contribution in [-0.4, -0.2) is 20.2 Å². The van der Waals surface area contributed by atoms with Crippen molar-refractivity contribution in [2.24, 2.45) is 0 Å². The maximum atomic E-state index is 9.92. The largest absolute Gasteiger partial charge is 0.506 e. The normalized spacial score (nSPS) is 10.5. The van der Waals surface area contributed by atoms with Crippen molar-refractivity contribution < 1.29 is 10.2 Å². The van der Waals surface area contributed by atoms with E-state index < -0.39 is 0 Å².